The molecule has 0 aliphatic rings. The van der Waals surface area contributed by atoms with Crippen LogP contribution >= 0.6 is 0 Å². The zero-order valence-electron chi connectivity index (χ0n) is 2.87. The zero-order chi connectivity index (χ0) is 0. The van der Waals surface area contributed by atoms with E-state index in [9.17, 15) is 0 Å². The quantitative estimate of drug-likeness (QED) is 0.363. The van der Waals surface area contributed by atoms with Crippen LogP contribution in [-0.4, -0.2) is 21.9 Å². The molecule has 0 atom stereocenters. The van der Waals surface area contributed by atoms with E-state index >= 15 is 0 Å². The molecule has 0 aliphatic carbocycles. The van der Waals surface area contributed by atoms with Crippen molar-refractivity contribution in [2.24, 2.45) is 0 Å². The van der Waals surface area contributed by atoms with E-state index in [1.807, 2.05) is 0 Å². The van der Waals surface area contributed by atoms with E-state index in [1.54, 1.807) is 0 Å². The van der Waals surface area contributed by atoms with Crippen molar-refractivity contribution >= 4 is 0 Å². The minimum atomic E-state index is 0. The Morgan fingerprint density at radius 1 is 0.500 bits per heavy atom. The maximum atomic E-state index is 0. The first kappa shape index (κ1) is 1750. The third kappa shape index (κ3) is 466. The van der Waals surface area contributed by atoms with Crippen molar-refractivity contribution in [3.8, 4) is 0 Å². The van der Waals surface area contributed by atoms with Crippen LogP contribution in [0.3, 0.4) is 0 Å². The van der Waals surface area contributed by atoms with Crippen LogP contribution in [0.25, 0.3) is 0 Å². The maximum Gasteiger partial charge on any atom is 2.00 e. The third-order valence-corrected chi connectivity index (χ3v) is 0. The van der Waals surface area contributed by atoms with Gasteiger partial charge in [-0.2, -0.15) is 0 Å². The Morgan fingerprint density at radius 3 is 0.500 bits per heavy atom. The molecule has 0 fully saturated rings. The second-order valence-electron chi connectivity index (χ2n) is 0. The van der Waals surface area contributed by atoms with Gasteiger partial charge in [0.2, 0.25) is 0 Å². The fourth-order valence-corrected chi connectivity index (χ4v) is 0. The molecule has 1 radical (unpaired) electrons. The Hall–Kier alpha value is 0.319. The number of rotatable bonds is 0. The predicted molar refractivity (Wildman–Crippen MR) is 14.0 cm³/mol. The van der Waals surface area contributed by atoms with Gasteiger partial charge in [-0.05, 0) is 0 Å². The summed E-state index contributed by atoms with van der Waals surface area (Å²) in [4.78, 5) is 0. The summed E-state index contributed by atoms with van der Waals surface area (Å²) in [7, 11) is 0. The van der Waals surface area contributed by atoms with E-state index in [0.717, 1.165) is 0 Å². The van der Waals surface area contributed by atoms with E-state index in [-0.39, 0.29) is 44.4 Å². The van der Waals surface area contributed by atoms with Gasteiger partial charge in [0.1, 0.15) is 0 Å². The second-order valence-corrected chi connectivity index (χ2v) is 0. The van der Waals surface area contributed by atoms with Crippen LogP contribution < -0.4 is 0 Å². The van der Waals surface area contributed by atoms with E-state index in [1.165, 1.54) is 0 Å². The predicted octanol–water partition coefficient (Wildman–Crippen LogP) is -1.90. The van der Waals surface area contributed by atoms with Crippen LogP contribution in [-0.2, 0) is 22.5 Å². The van der Waals surface area contributed by atoms with Crippen molar-refractivity contribution in [3.05, 3.63) is 0 Å². The van der Waals surface area contributed by atoms with Crippen molar-refractivity contribution in [2.45, 2.75) is 0 Å². The third-order valence-electron chi connectivity index (χ3n) is 0. The molecule has 0 aromatic carbocycles. The smallest absolute Gasteiger partial charge is 0.873 e. The molecular weight excluding hydrogens is 135 g/mol. The monoisotopic (exact) mass is 143 g/mol. The normalized spacial score (nSPS) is 0. The summed E-state index contributed by atoms with van der Waals surface area (Å²) in [6.45, 7) is 0. The molecule has 0 amide bonds. The van der Waals surface area contributed by atoms with Crippen molar-refractivity contribution in [1.82, 2.24) is 0 Å². The summed E-state index contributed by atoms with van der Waals surface area (Å²) in [6.07, 6.45) is 0. The summed E-state index contributed by atoms with van der Waals surface area (Å²) >= 11 is 0. The van der Waals surface area contributed by atoms with Gasteiger partial charge in [0.25, 0.3) is 0 Å². The molecule has 0 saturated heterocycles. The van der Waals surface area contributed by atoms with Gasteiger partial charge >= 0.3 is 17.1 Å². The molecule has 6 heavy (non-hydrogen) atoms. The van der Waals surface area contributed by atoms with Crippen LogP contribution in [0.5, 0.6) is 0 Å². The Balaban J connectivity index is 0. The Labute approximate surface area is 45.4 Å². The zero-order valence-corrected chi connectivity index (χ0v) is 4.05. The molecule has 0 rings (SSSR count). The average molecular weight is 143 g/mol. The molecule has 0 bridgehead atoms. The molecule has 0 aromatic rings. The Bertz CT molecular complexity index is 3.90. The number of hydrogen-bond acceptors (Lipinski definition) is 4. The Morgan fingerprint density at radius 2 is 0.500 bits per heavy atom. The van der Waals surface area contributed by atoms with Gasteiger partial charge in [0, 0.05) is 0 Å². The summed E-state index contributed by atoms with van der Waals surface area (Å²) in [6, 6.07) is 0. The van der Waals surface area contributed by atoms with E-state index in [2.05, 4.69) is 0 Å². The molecule has 6 heteroatoms. The van der Waals surface area contributed by atoms with Gasteiger partial charge in [-0.3, -0.25) is 0 Å². The van der Waals surface area contributed by atoms with E-state index in [0.29, 0.717) is 0 Å². The molecule has 0 unspecified atom stereocenters. The Kier molecular flexibility index (Phi) is 284000. The van der Waals surface area contributed by atoms with Gasteiger partial charge in [0.15, 0.2) is 0 Å². The van der Waals surface area contributed by atoms with Crippen molar-refractivity contribution in [3.63, 3.8) is 0 Å². The molecule has 5 nitrogen and oxygen atoms in total. The fraction of sp³-hybridized carbons (Fsp3) is 0. The number of hydrogen-bond donors (Lipinski definition) is 0. The van der Waals surface area contributed by atoms with Crippen molar-refractivity contribution < 1.29 is 44.4 Å². The van der Waals surface area contributed by atoms with Gasteiger partial charge < -0.3 is 27.4 Å². The van der Waals surface area contributed by atoms with Crippen LogP contribution in [0.4, 0.5) is 0 Å². The molecule has 0 spiro atoms. The summed E-state index contributed by atoms with van der Waals surface area (Å²) in [5.74, 6) is 0. The van der Waals surface area contributed by atoms with Crippen LogP contribution in [0.1, 0.15) is 0 Å². The molecule has 0 aromatic heterocycles. The first-order valence-electron chi connectivity index (χ1n) is 0. The fourth-order valence-electron chi connectivity index (χ4n) is 0. The molecule has 0 aliphatic heterocycles. The molecule has 0 saturated carbocycles. The minimum Gasteiger partial charge on any atom is -0.873 e. The largest absolute Gasteiger partial charge is 2.00 e. The van der Waals surface area contributed by atoms with Crippen molar-refractivity contribution in [2.75, 3.05) is 0 Å². The van der Waals surface area contributed by atoms with Gasteiger partial charge in [0.05, 0.1) is 0 Å². The van der Waals surface area contributed by atoms with Crippen LogP contribution in [0.15, 0.2) is 0 Å². The molecular formula is H8MnO5. The van der Waals surface area contributed by atoms with Crippen molar-refractivity contribution in [1.29, 1.82) is 0 Å². The summed E-state index contributed by atoms with van der Waals surface area (Å²) in [5, 5.41) is 0. The molecule has 8 N–H and O–H groups in total. The minimum absolute atomic E-state index is 0. The van der Waals surface area contributed by atoms with E-state index < -0.39 is 0 Å². The SMILES string of the molecule is [Mn+2].[OH-].[OH-].[OH-].[OH-].[OH4+2]. The molecule has 45 valence electrons. The van der Waals surface area contributed by atoms with Gasteiger partial charge in [-0.15, -0.1) is 0 Å². The summed E-state index contributed by atoms with van der Waals surface area (Å²) in [5.41, 5.74) is 0. The van der Waals surface area contributed by atoms with Gasteiger partial charge in [-0.25, -0.2) is 0 Å². The first-order chi connectivity index (χ1) is 0. The summed E-state index contributed by atoms with van der Waals surface area (Å²) < 4.78 is 0. The van der Waals surface area contributed by atoms with E-state index in [4.69, 9.17) is 0 Å². The standard InChI is InChI=1S/Mn.H4O.4H2O/h;1H4;4*1H2/q2*+2;;;;/p-4. The second kappa shape index (κ2) is 972. The van der Waals surface area contributed by atoms with Gasteiger partial charge in [-0.1, -0.05) is 0 Å². The maximum absolute atomic E-state index is 0. The molecule has 0 heterocycles. The average Bonchev–Trinajstić information content (AvgIpc) is 0. The topological polar surface area (TPSA) is 154 Å². The first-order valence-corrected chi connectivity index (χ1v) is 0. The van der Waals surface area contributed by atoms with Crippen LogP contribution in [0, 0.1) is 0 Å². The van der Waals surface area contributed by atoms with Crippen LogP contribution in [0.2, 0.25) is 0 Å².